The highest BCUT2D eigenvalue weighted by Gasteiger charge is 2.34. The first kappa shape index (κ1) is 17.6. The second-order valence-corrected chi connectivity index (χ2v) is 9.17. The van der Waals surface area contributed by atoms with E-state index in [1.165, 1.54) is 5.56 Å². The summed E-state index contributed by atoms with van der Waals surface area (Å²) < 4.78 is 37.2. The van der Waals surface area contributed by atoms with Crippen molar-refractivity contribution >= 4 is 32.8 Å². The first-order valence-electron chi connectivity index (χ1n) is 8.87. The topological polar surface area (TPSA) is 63.2 Å². The number of aryl methyl sites for hydroxylation is 1. The Labute approximate surface area is 158 Å². The molecule has 5 nitrogen and oxygen atoms in total. The van der Waals surface area contributed by atoms with Gasteiger partial charge < -0.3 is 0 Å². The molecule has 0 N–H and O–H groups in total. The molecule has 0 aliphatic carbocycles. The average Bonchev–Trinajstić information content (AvgIpc) is 2.98. The lowest BCUT2D eigenvalue weighted by Crippen LogP contribution is -2.35. The third-order valence-electron chi connectivity index (χ3n) is 5.00. The molecular formula is C19H21N3O2S2. The summed E-state index contributed by atoms with van der Waals surface area (Å²) in [5, 5.41) is 0. The lowest BCUT2D eigenvalue weighted by atomic mass is 10.0. The Morgan fingerprint density at radius 2 is 1.85 bits per heavy atom. The molecule has 26 heavy (non-hydrogen) atoms. The van der Waals surface area contributed by atoms with Gasteiger partial charge in [0.15, 0.2) is 0 Å². The van der Waals surface area contributed by atoms with E-state index < -0.39 is 10.0 Å². The van der Waals surface area contributed by atoms with Crippen LogP contribution in [0.15, 0.2) is 47.4 Å². The molecule has 1 fully saturated rings. The number of benzene rings is 2. The van der Waals surface area contributed by atoms with Gasteiger partial charge in [0, 0.05) is 6.54 Å². The second-order valence-electron chi connectivity index (χ2n) is 6.78. The van der Waals surface area contributed by atoms with Crippen LogP contribution in [0.4, 0.5) is 0 Å². The number of rotatable bonds is 3. The van der Waals surface area contributed by atoms with E-state index in [-0.39, 0.29) is 10.9 Å². The molecule has 0 spiro atoms. The standard InChI is InChI=1S/C19H21N3O2S2/c1-14-9-11-15(12-10-14)17-7-3-2-4-13-22(17)26(23,24)18-8-5-6-16-19(18)21-25-20-16/h5-6,8-12,17H,2-4,7,13H2,1H3. The molecule has 1 aliphatic rings. The van der Waals surface area contributed by atoms with Gasteiger partial charge in [-0.05, 0) is 37.5 Å². The van der Waals surface area contributed by atoms with E-state index in [2.05, 4.69) is 33.0 Å². The fraction of sp³-hybridized carbons (Fsp3) is 0.368. The summed E-state index contributed by atoms with van der Waals surface area (Å²) >= 11 is 1.05. The van der Waals surface area contributed by atoms with E-state index in [1.54, 1.807) is 22.5 Å². The minimum Gasteiger partial charge on any atom is -0.207 e. The lowest BCUT2D eigenvalue weighted by Gasteiger charge is -2.29. The molecule has 3 aromatic rings. The number of sulfonamides is 1. The molecule has 1 saturated heterocycles. The highest BCUT2D eigenvalue weighted by molar-refractivity contribution is 7.89. The lowest BCUT2D eigenvalue weighted by molar-refractivity contribution is 0.329. The Balaban J connectivity index is 1.81. The summed E-state index contributed by atoms with van der Waals surface area (Å²) in [6.07, 6.45) is 3.81. The maximum atomic E-state index is 13.6. The van der Waals surface area contributed by atoms with Gasteiger partial charge in [0.1, 0.15) is 15.9 Å². The number of nitrogens with zero attached hydrogens (tertiary/aromatic N) is 3. The van der Waals surface area contributed by atoms with E-state index in [1.807, 2.05) is 6.92 Å². The largest absolute Gasteiger partial charge is 0.245 e. The van der Waals surface area contributed by atoms with Gasteiger partial charge >= 0.3 is 0 Å². The summed E-state index contributed by atoms with van der Waals surface area (Å²) in [7, 11) is -3.65. The van der Waals surface area contributed by atoms with Crippen molar-refractivity contribution in [3.05, 3.63) is 53.6 Å². The maximum Gasteiger partial charge on any atom is 0.245 e. The molecule has 7 heteroatoms. The SMILES string of the molecule is Cc1ccc(C2CCCCCN2S(=O)(=O)c2cccc3nsnc23)cc1. The van der Waals surface area contributed by atoms with Crippen LogP contribution in [0, 0.1) is 6.92 Å². The molecule has 0 radical (unpaired) electrons. The van der Waals surface area contributed by atoms with Gasteiger partial charge in [-0.3, -0.25) is 0 Å². The summed E-state index contributed by atoms with van der Waals surface area (Å²) in [5.41, 5.74) is 3.35. The predicted molar refractivity (Wildman–Crippen MR) is 104 cm³/mol. The Bertz CT molecular complexity index is 1010. The number of hydrogen-bond donors (Lipinski definition) is 0. The van der Waals surface area contributed by atoms with Crippen LogP contribution >= 0.6 is 11.7 Å². The first-order chi connectivity index (χ1) is 12.6. The molecule has 2 aromatic carbocycles. The molecular weight excluding hydrogens is 366 g/mol. The van der Waals surface area contributed by atoms with Crippen molar-refractivity contribution in [1.82, 2.24) is 13.1 Å². The fourth-order valence-electron chi connectivity index (χ4n) is 3.61. The molecule has 2 heterocycles. The van der Waals surface area contributed by atoms with E-state index in [9.17, 15) is 8.42 Å². The highest BCUT2D eigenvalue weighted by atomic mass is 32.2. The van der Waals surface area contributed by atoms with Gasteiger partial charge in [0.2, 0.25) is 10.0 Å². The second kappa shape index (κ2) is 7.06. The van der Waals surface area contributed by atoms with E-state index in [0.717, 1.165) is 43.0 Å². The minimum absolute atomic E-state index is 0.134. The highest BCUT2D eigenvalue weighted by Crippen LogP contribution is 2.36. The number of hydrogen-bond acceptors (Lipinski definition) is 5. The van der Waals surface area contributed by atoms with Crippen LogP contribution in [-0.2, 0) is 10.0 Å². The Hall–Kier alpha value is -1.83. The zero-order valence-corrected chi connectivity index (χ0v) is 16.3. The van der Waals surface area contributed by atoms with E-state index in [4.69, 9.17) is 0 Å². The van der Waals surface area contributed by atoms with Gasteiger partial charge in [0.05, 0.1) is 17.8 Å². The van der Waals surface area contributed by atoms with Crippen LogP contribution in [-0.4, -0.2) is 28.0 Å². The van der Waals surface area contributed by atoms with Crippen molar-refractivity contribution in [1.29, 1.82) is 0 Å². The van der Waals surface area contributed by atoms with E-state index in [0.29, 0.717) is 17.6 Å². The molecule has 136 valence electrons. The molecule has 1 atom stereocenters. The predicted octanol–water partition coefficient (Wildman–Crippen LogP) is 4.31. The molecule has 0 saturated carbocycles. The molecule has 0 amide bonds. The van der Waals surface area contributed by atoms with Crippen molar-refractivity contribution in [2.45, 2.75) is 43.5 Å². The van der Waals surface area contributed by atoms with Crippen molar-refractivity contribution < 1.29 is 8.42 Å². The van der Waals surface area contributed by atoms with Crippen molar-refractivity contribution in [3.63, 3.8) is 0 Å². The van der Waals surface area contributed by atoms with Crippen LogP contribution in [0.5, 0.6) is 0 Å². The summed E-state index contributed by atoms with van der Waals surface area (Å²) in [6, 6.07) is 13.3. The van der Waals surface area contributed by atoms with Gasteiger partial charge in [-0.15, -0.1) is 0 Å². The summed E-state index contributed by atoms with van der Waals surface area (Å²) in [4.78, 5) is 0.266. The monoisotopic (exact) mass is 387 g/mol. The molecule has 4 rings (SSSR count). The Morgan fingerprint density at radius 3 is 2.65 bits per heavy atom. The zero-order chi connectivity index (χ0) is 18.1. The molecule has 1 aliphatic heterocycles. The molecule has 1 aromatic heterocycles. The normalized spacial score (nSPS) is 19.5. The Morgan fingerprint density at radius 1 is 1.04 bits per heavy atom. The fourth-order valence-corrected chi connectivity index (χ4v) is 6.04. The third kappa shape index (κ3) is 3.15. The van der Waals surface area contributed by atoms with Crippen LogP contribution in [0.25, 0.3) is 11.0 Å². The van der Waals surface area contributed by atoms with Crippen LogP contribution in [0.3, 0.4) is 0 Å². The maximum absolute atomic E-state index is 13.6. The van der Waals surface area contributed by atoms with Gasteiger partial charge in [-0.1, -0.05) is 48.7 Å². The summed E-state index contributed by atoms with van der Waals surface area (Å²) in [5.74, 6) is 0. The van der Waals surface area contributed by atoms with Crippen molar-refractivity contribution in [3.8, 4) is 0 Å². The van der Waals surface area contributed by atoms with Gasteiger partial charge in [-0.2, -0.15) is 13.1 Å². The van der Waals surface area contributed by atoms with E-state index >= 15 is 0 Å². The van der Waals surface area contributed by atoms with Crippen LogP contribution in [0.1, 0.15) is 42.9 Å². The number of fused-ring (bicyclic) bond motifs is 1. The van der Waals surface area contributed by atoms with Gasteiger partial charge in [-0.25, -0.2) is 8.42 Å². The molecule has 1 unspecified atom stereocenters. The quantitative estimate of drug-likeness (QED) is 0.672. The molecule has 0 bridgehead atoms. The first-order valence-corrected chi connectivity index (χ1v) is 11.0. The Kier molecular flexibility index (Phi) is 4.77. The number of aromatic nitrogens is 2. The summed E-state index contributed by atoms with van der Waals surface area (Å²) in [6.45, 7) is 2.58. The minimum atomic E-state index is -3.65. The van der Waals surface area contributed by atoms with Gasteiger partial charge in [0.25, 0.3) is 0 Å². The smallest absolute Gasteiger partial charge is 0.207 e. The van der Waals surface area contributed by atoms with Crippen molar-refractivity contribution in [2.75, 3.05) is 6.54 Å². The van der Waals surface area contributed by atoms with Crippen molar-refractivity contribution in [2.24, 2.45) is 0 Å². The average molecular weight is 388 g/mol. The van der Waals surface area contributed by atoms with Crippen LogP contribution < -0.4 is 0 Å². The third-order valence-corrected chi connectivity index (χ3v) is 7.48. The van der Waals surface area contributed by atoms with Crippen LogP contribution in [0.2, 0.25) is 0 Å². The zero-order valence-electron chi connectivity index (χ0n) is 14.6.